The number of hydrogen-bond donors (Lipinski definition) is 1. The van der Waals surface area contributed by atoms with E-state index in [4.69, 9.17) is 12.2 Å². The van der Waals surface area contributed by atoms with Crippen LogP contribution in [0.4, 0.5) is 18.9 Å². The molecule has 0 fully saturated rings. The molecule has 1 heterocycles. The molecule has 0 amide bonds. The molecule has 0 saturated carbocycles. The topological polar surface area (TPSA) is 38.5 Å². The van der Waals surface area contributed by atoms with E-state index in [1.807, 2.05) is 0 Å². The van der Waals surface area contributed by atoms with Crippen LogP contribution in [0.1, 0.15) is 0 Å². The second kappa shape index (κ2) is 4.63. The number of rotatable bonds is 1. The van der Waals surface area contributed by atoms with Crippen molar-refractivity contribution in [3.63, 3.8) is 0 Å². The maximum absolute atomic E-state index is 12.1. The molecule has 0 saturated heterocycles. The first-order valence-corrected chi connectivity index (χ1v) is 5.91. The summed E-state index contributed by atoms with van der Waals surface area (Å²) in [5.74, 6) is 2.04. The van der Waals surface area contributed by atoms with E-state index in [-0.39, 0.29) is 11.4 Å². The fourth-order valence-electron chi connectivity index (χ4n) is 1.63. The number of nitrogens with zero attached hydrogens (tertiary/aromatic N) is 1. The molecule has 100 valence electrons. The van der Waals surface area contributed by atoms with Crippen molar-refractivity contribution in [2.45, 2.75) is 11.3 Å². The van der Waals surface area contributed by atoms with Gasteiger partial charge < -0.3 is 15.4 Å². The zero-order valence-corrected chi connectivity index (χ0v) is 10.6. The maximum atomic E-state index is 12.1. The minimum absolute atomic E-state index is 0.238. The minimum atomic E-state index is -4.71. The van der Waals surface area contributed by atoms with Gasteiger partial charge in [-0.25, -0.2) is 0 Å². The van der Waals surface area contributed by atoms with E-state index < -0.39 is 6.36 Å². The number of alkyl halides is 3. The van der Waals surface area contributed by atoms with Crippen LogP contribution in [0, 0.1) is 12.3 Å². The molecular formula is C12H9F3N2OS. The number of terminal acetylenes is 1. The van der Waals surface area contributed by atoms with Crippen LogP contribution in [-0.2, 0) is 0 Å². The van der Waals surface area contributed by atoms with Crippen LogP contribution in [-0.4, -0.2) is 13.4 Å². The van der Waals surface area contributed by atoms with Crippen LogP contribution in [0.15, 0.2) is 33.8 Å². The highest BCUT2D eigenvalue weighted by atomic mass is 32.2. The smallest absolute Gasteiger partial charge is 0.406 e. The largest absolute Gasteiger partial charge is 0.573 e. The molecule has 0 aliphatic carbocycles. The highest BCUT2D eigenvalue weighted by Gasteiger charge is 2.32. The minimum Gasteiger partial charge on any atom is -0.406 e. The second-order valence-electron chi connectivity index (χ2n) is 3.70. The van der Waals surface area contributed by atoms with Crippen molar-refractivity contribution in [2.24, 2.45) is 5.73 Å². The van der Waals surface area contributed by atoms with E-state index in [1.165, 1.54) is 30.0 Å². The van der Waals surface area contributed by atoms with Gasteiger partial charge in [0.05, 0.1) is 5.69 Å². The molecule has 7 heteroatoms. The number of nitrogens with two attached hydrogens (primary N) is 1. The SMILES string of the molecule is C#C/C(N)=C1\Sc2cc(OC(F)(F)F)ccc2N1C. The van der Waals surface area contributed by atoms with Crippen molar-refractivity contribution in [3.05, 3.63) is 28.9 Å². The molecule has 0 atom stereocenters. The van der Waals surface area contributed by atoms with Gasteiger partial charge in [-0.15, -0.1) is 19.6 Å². The van der Waals surface area contributed by atoms with Gasteiger partial charge in [0, 0.05) is 11.9 Å². The summed E-state index contributed by atoms with van der Waals surface area (Å²) in [7, 11) is 1.74. The van der Waals surface area contributed by atoms with Crippen LogP contribution in [0.3, 0.4) is 0 Å². The summed E-state index contributed by atoms with van der Waals surface area (Å²) >= 11 is 1.21. The Labute approximate surface area is 112 Å². The summed E-state index contributed by atoms with van der Waals surface area (Å²) in [4.78, 5) is 2.34. The molecule has 0 spiro atoms. The number of allylic oxidation sites excluding steroid dienone is 1. The standard InChI is InChI=1S/C12H9F3N2OS/c1-3-8(16)11-17(2)9-5-4-7(6-10(9)19-11)18-12(13,14)15/h1,4-6H,16H2,2H3/b11-8+. The Hall–Kier alpha value is -1.94. The van der Waals surface area contributed by atoms with Gasteiger partial charge in [-0.1, -0.05) is 17.7 Å². The van der Waals surface area contributed by atoms with Crippen molar-refractivity contribution in [1.29, 1.82) is 0 Å². The van der Waals surface area contributed by atoms with Crippen molar-refractivity contribution >= 4 is 17.4 Å². The van der Waals surface area contributed by atoms with Crippen LogP contribution >= 0.6 is 11.8 Å². The van der Waals surface area contributed by atoms with Crippen molar-refractivity contribution in [1.82, 2.24) is 0 Å². The van der Waals surface area contributed by atoms with E-state index in [9.17, 15) is 13.2 Å². The van der Waals surface area contributed by atoms with Crippen LogP contribution in [0.2, 0.25) is 0 Å². The summed E-state index contributed by atoms with van der Waals surface area (Å²) in [6.07, 6.45) is 0.507. The van der Waals surface area contributed by atoms with Gasteiger partial charge in [-0.05, 0) is 18.2 Å². The lowest BCUT2D eigenvalue weighted by atomic mass is 10.3. The zero-order chi connectivity index (χ0) is 14.2. The predicted molar refractivity (Wildman–Crippen MR) is 67.4 cm³/mol. The number of fused-ring (bicyclic) bond motifs is 1. The molecule has 0 bridgehead atoms. The Balaban J connectivity index is 2.35. The molecular weight excluding hydrogens is 277 g/mol. The van der Waals surface area contributed by atoms with Crippen LogP contribution in [0.5, 0.6) is 5.75 Å². The lowest BCUT2D eigenvalue weighted by Crippen LogP contribution is -2.17. The quantitative estimate of drug-likeness (QED) is 0.806. The Morgan fingerprint density at radius 3 is 2.74 bits per heavy atom. The molecule has 0 radical (unpaired) electrons. The summed E-state index contributed by atoms with van der Waals surface area (Å²) in [6.45, 7) is 0. The monoisotopic (exact) mass is 286 g/mol. The third-order valence-corrected chi connectivity index (χ3v) is 3.66. The molecule has 0 unspecified atom stereocenters. The van der Waals surface area contributed by atoms with Gasteiger partial charge in [0.15, 0.2) is 0 Å². The molecule has 1 aliphatic heterocycles. The van der Waals surface area contributed by atoms with E-state index in [1.54, 1.807) is 11.9 Å². The zero-order valence-electron chi connectivity index (χ0n) is 9.78. The van der Waals surface area contributed by atoms with E-state index in [2.05, 4.69) is 10.7 Å². The Morgan fingerprint density at radius 2 is 2.16 bits per heavy atom. The Bertz CT molecular complexity index is 590. The molecule has 1 aromatic rings. The number of ether oxygens (including phenoxy) is 1. The first kappa shape index (κ1) is 13.5. The van der Waals surface area contributed by atoms with Gasteiger partial charge in [-0.2, -0.15) is 0 Å². The molecule has 1 aromatic carbocycles. The van der Waals surface area contributed by atoms with E-state index in [0.717, 1.165) is 5.69 Å². The van der Waals surface area contributed by atoms with Gasteiger partial charge in [0.1, 0.15) is 16.5 Å². The van der Waals surface area contributed by atoms with E-state index >= 15 is 0 Å². The predicted octanol–water partition coefficient (Wildman–Crippen LogP) is 2.89. The summed E-state index contributed by atoms with van der Waals surface area (Å²) in [5, 5.41) is 0.613. The van der Waals surface area contributed by atoms with Gasteiger partial charge in [0.2, 0.25) is 0 Å². The third kappa shape index (κ3) is 2.74. The normalized spacial score (nSPS) is 16.9. The number of hydrogen-bond acceptors (Lipinski definition) is 4. The summed E-state index contributed by atoms with van der Waals surface area (Å²) < 4.78 is 40.3. The number of halogens is 3. The molecule has 19 heavy (non-hydrogen) atoms. The van der Waals surface area contributed by atoms with Gasteiger partial charge in [-0.3, -0.25) is 0 Å². The average molecular weight is 286 g/mol. The fourth-order valence-corrected chi connectivity index (χ4v) is 2.73. The van der Waals surface area contributed by atoms with Gasteiger partial charge >= 0.3 is 6.36 Å². The van der Waals surface area contributed by atoms with Crippen molar-refractivity contribution in [2.75, 3.05) is 11.9 Å². The molecule has 2 N–H and O–H groups in total. The van der Waals surface area contributed by atoms with Crippen molar-refractivity contribution in [3.8, 4) is 18.1 Å². The third-order valence-electron chi connectivity index (χ3n) is 2.42. The first-order valence-electron chi connectivity index (χ1n) is 5.09. The molecule has 2 rings (SSSR count). The molecule has 0 aromatic heterocycles. The van der Waals surface area contributed by atoms with Crippen molar-refractivity contribution < 1.29 is 17.9 Å². The van der Waals surface area contributed by atoms with Crippen LogP contribution in [0.25, 0.3) is 0 Å². The lowest BCUT2D eigenvalue weighted by molar-refractivity contribution is -0.274. The second-order valence-corrected chi connectivity index (χ2v) is 4.73. The molecule has 1 aliphatic rings. The number of thioether (sulfide) groups is 1. The Kier molecular flexibility index (Phi) is 3.28. The van der Waals surface area contributed by atoms with Gasteiger partial charge in [0.25, 0.3) is 0 Å². The Morgan fingerprint density at radius 1 is 1.47 bits per heavy atom. The number of anilines is 1. The summed E-state index contributed by atoms with van der Waals surface area (Å²) in [6, 6.07) is 4.08. The lowest BCUT2D eigenvalue weighted by Gasteiger charge is -2.14. The van der Waals surface area contributed by atoms with Crippen LogP contribution < -0.4 is 15.4 Å². The summed E-state index contributed by atoms with van der Waals surface area (Å²) in [5.41, 5.74) is 6.62. The highest BCUT2D eigenvalue weighted by molar-refractivity contribution is 8.03. The first-order chi connectivity index (χ1) is 8.81. The van der Waals surface area contributed by atoms with E-state index in [0.29, 0.717) is 9.92 Å². The maximum Gasteiger partial charge on any atom is 0.573 e. The number of benzene rings is 1. The average Bonchev–Trinajstić information content (AvgIpc) is 2.63. The molecule has 3 nitrogen and oxygen atoms in total. The highest BCUT2D eigenvalue weighted by Crippen LogP contribution is 2.47. The fraction of sp³-hybridized carbons (Fsp3) is 0.167.